The third-order valence-electron chi connectivity index (χ3n) is 0.678. The zero-order valence-corrected chi connectivity index (χ0v) is 8.03. The molecule has 0 aliphatic heterocycles. The SMILES string of the molecule is N#CC#CC(Br)(C#N)CBr. The zero-order chi connectivity index (χ0) is 8.04. The maximum atomic E-state index is 8.47. The molecule has 0 saturated heterocycles. The molecule has 0 amide bonds. The summed E-state index contributed by atoms with van der Waals surface area (Å²) in [6, 6.07) is 3.54. The molecule has 0 heterocycles. The summed E-state index contributed by atoms with van der Waals surface area (Å²) >= 11 is 6.13. The Morgan fingerprint density at radius 3 is 2.30 bits per heavy atom. The predicted octanol–water partition coefficient (Wildman–Crippen LogP) is 1.57. The van der Waals surface area contributed by atoms with Crippen molar-refractivity contribution >= 4 is 31.9 Å². The Kier molecular flexibility index (Phi) is 4.12. The van der Waals surface area contributed by atoms with Crippen molar-refractivity contribution in [1.29, 1.82) is 10.5 Å². The van der Waals surface area contributed by atoms with Gasteiger partial charge in [-0.15, -0.1) is 0 Å². The topological polar surface area (TPSA) is 47.6 Å². The van der Waals surface area contributed by atoms with Gasteiger partial charge in [0.05, 0.1) is 6.07 Å². The van der Waals surface area contributed by atoms with Gasteiger partial charge in [-0.1, -0.05) is 37.8 Å². The summed E-state index contributed by atoms with van der Waals surface area (Å²) in [5, 5.41) is 16.9. The number of nitrogens with zero attached hydrogens (tertiary/aromatic N) is 2. The second-order valence-corrected chi connectivity index (χ2v) is 3.32. The zero-order valence-electron chi connectivity index (χ0n) is 4.86. The third kappa shape index (κ3) is 2.87. The van der Waals surface area contributed by atoms with Crippen LogP contribution in [0.3, 0.4) is 0 Å². The molecule has 1 atom stereocenters. The van der Waals surface area contributed by atoms with Gasteiger partial charge in [0.15, 0.2) is 10.4 Å². The lowest BCUT2D eigenvalue weighted by atomic mass is 10.2. The van der Waals surface area contributed by atoms with E-state index in [-0.39, 0.29) is 0 Å². The molecule has 4 heteroatoms. The summed E-state index contributed by atoms with van der Waals surface area (Å²) in [5.41, 5.74) is 0. The summed E-state index contributed by atoms with van der Waals surface area (Å²) < 4.78 is -0.914. The smallest absolute Gasteiger partial charge is 0.182 e. The van der Waals surface area contributed by atoms with Crippen LogP contribution in [-0.2, 0) is 0 Å². The first-order chi connectivity index (χ1) is 4.68. The van der Waals surface area contributed by atoms with Crippen LogP contribution in [-0.4, -0.2) is 9.65 Å². The molecule has 0 saturated carbocycles. The lowest BCUT2D eigenvalue weighted by Gasteiger charge is -2.04. The first kappa shape index (κ1) is 9.50. The van der Waals surface area contributed by atoms with Gasteiger partial charge in [0.1, 0.15) is 0 Å². The molecular formula is C6H2Br2N2. The van der Waals surface area contributed by atoms with E-state index in [0.29, 0.717) is 5.33 Å². The maximum Gasteiger partial charge on any atom is 0.182 e. The van der Waals surface area contributed by atoms with Crippen LogP contribution in [0.4, 0.5) is 0 Å². The van der Waals surface area contributed by atoms with E-state index in [2.05, 4.69) is 43.7 Å². The second-order valence-electron chi connectivity index (χ2n) is 1.41. The van der Waals surface area contributed by atoms with Crippen LogP contribution in [0.25, 0.3) is 0 Å². The quantitative estimate of drug-likeness (QED) is 0.531. The van der Waals surface area contributed by atoms with E-state index in [1.54, 1.807) is 6.07 Å². The van der Waals surface area contributed by atoms with Crippen molar-refractivity contribution in [3.63, 3.8) is 0 Å². The standard InChI is InChI=1S/C6H2Br2N2/c7-4-6(8,5-10)2-1-3-9/h4H2. The highest BCUT2D eigenvalue weighted by molar-refractivity contribution is 9.12. The number of hydrogen-bond donors (Lipinski definition) is 0. The van der Waals surface area contributed by atoms with Crippen molar-refractivity contribution < 1.29 is 0 Å². The first-order valence-electron chi connectivity index (χ1n) is 2.26. The van der Waals surface area contributed by atoms with E-state index >= 15 is 0 Å². The lowest BCUT2D eigenvalue weighted by Crippen LogP contribution is -2.16. The third-order valence-corrected chi connectivity index (χ3v) is 2.93. The van der Waals surface area contributed by atoms with Crippen molar-refractivity contribution in [3.8, 4) is 24.0 Å². The number of alkyl halides is 2. The average Bonchev–Trinajstić information content (AvgIpc) is 2.00. The Morgan fingerprint density at radius 1 is 1.40 bits per heavy atom. The minimum atomic E-state index is -0.914. The van der Waals surface area contributed by atoms with E-state index in [0.717, 1.165) is 0 Å². The van der Waals surface area contributed by atoms with Crippen molar-refractivity contribution in [1.82, 2.24) is 0 Å². The van der Waals surface area contributed by atoms with Crippen molar-refractivity contribution in [2.75, 3.05) is 5.33 Å². The van der Waals surface area contributed by atoms with E-state index in [1.165, 1.54) is 0 Å². The summed E-state index contributed by atoms with van der Waals surface area (Å²) in [4.78, 5) is 0. The van der Waals surface area contributed by atoms with Gasteiger partial charge in [0.2, 0.25) is 0 Å². The molecule has 0 radical (unpaired) electrons. The molecule has 0 spiro atoms. The highest BCUT2D eigenvalue weighted by atomic mass is 79.9. The molecule has 0 aliphatic rings. The highest BCUT2D eigenvalue weighted by Gasteiger charge is 2.20. The molecule has 10 heavy (non-hydrogen) atoms. The lowest BCUT2D eigenvalue weighted by molar-refractivity contribution is 1.11. The Hall–Kier alpha value is -0.500. The summed E-state index contributed by atoms with van der Waals surface area (Å²) in [6.45, 7) is 0. The minimum absolute atomic E-state index is 0.380. The van der Waals surface area contributed by atoms with E-state index < -0.39 is 4.32 Å². The van der Waals surface area contributed by atoms with Gasteiger partial charge in [0, 0.05) is 11.3 Å². The van der Waals surface area contributed by atoms with Crippen molar-refractivity contribution in [2.45, 2.75) is 4.32 Å². The molecule has 1 unspecified atom stereocenters. The number of halogens is 2. The molecule has 0 aromatic heterocycles. The Morgan fingerprint density at radius 2 is 2.00 bits per heavy atom. The molecule has 0 aromatic rings. The fourth-order valence-corrected chi connectivity index (χ4v) is 0.583. The molecule has 0 aliphatic carbocycles. The average molecular weight is 262 g/mol. The summed E-state index contributed by atoms with van der Waals surface area (Å²) in [5.74, 6) is 4.59. The van der Waals surface area contributed by atoms with Crippen LogP contribution in [0.2, 0.25) is 0 Å². The molecule has 0 bridgehead atoms. The highest BCUT2D eigenvalue weighted by Crippen LogP contribution is 2.17. The Balaban J connectivity index is 4.43. The predicted molar refractivity (Wildman–Crippen MR) is 44.5 cm³/mol. The van der Waals surface area contributed by atoms with E-state index in [1.807, 2.05) is 6.07 Å². The summed E-state index contributed by atoms with van der Waals surface area (Å²) in [6.07, 6.45) is 0. The molecule has 0 aromatic carbocycles. The fraction of sp³-hybridized carbons (Fsp3) is 0.333. The van der Waals surface area contributed by atoms with E-state index in [9.17, 15) is 0 Å². The van der Waals surface area contributed by atoms with Gasteiger partial charge in [-0.2, -0.15) is 10.5 Å². The van der Waals surface area contributed by atoms with Gasteiger partial charge in [-0.3, -0.25) is 0 Å². The maximum absolute atomic E-state index is 8.47. The van der Waals surface area contributed by atoms with Crippen LogP contribution in [0.5, 0.6) is 0 Å². The molecule has 0 rings (SSSR count). The van der Waals surface area contributed by atoms with Gasteiger partial charge < -0.3 is 0 Å². The Labute approximate surface area is 76.1 Å². The van der Waals surface area contributed by atoms with Crippen LogP contribution in [0, 0.1) is 34.5 Å². The van der Waals surface area contributed by atoms with Crippen LogP contribution < -0.4 is 0 Å². The second kappa shape index (κ2) is 4.34. The number of nitriles is 2. The normalized spacial score (nSPS) is 13.2. The van der Waals surface area contributed by atoms with Crippen LogP contribution in [0.1, 0.15) is 0 Å². The van der Waals surface area contributed by atoms with E-state index in [4.69, 9.17) is 10.5 Å². The van der Waals surface area contributed by atoms with Crippen molar-refractivity contribution in [2.24, 2.45) is 0 Å². The van der Waals surface area contributed by atoms with Crippen LogP contribution in [0.15, 0.2) is 0 Å². The molecule has 2 nitrogen and oxygen atoms in total. The van der Waals surface area contributed by atoms with Gasteiger partial charge >= 0.3 is 0 Å². The van der Waals surface area contributed by atoms with Gasteiger partial charge in [0.25, 0.3) is 0 Å². The van der Waals surface area contributed by atoms with Gasteiger partial charge in [-0.25, -0.2) is 0 Å². The largest absolute Gasteiger partial charge is 0.196 e. The Bertz CT molecular complexity index is 250. The van der Waals surface area contributed by atoms with Crippen molar-refractivity contribution in [3.05, 3.63) is 0 Å². The minimum Gasteiger partial charge on any atom is -0.196 e. The molecule has 50 valence electrons. The number of hydrogen-bond acceptors (Lipinski definition) is 2. The molecule has 0 N–H and O–H groups in total. The number of rotatable bonds is 1. The van der Waals surface area contributed by atoms with Gasteiger partial charge in [-0.05, 0) is 0 Å². The monoisotopic (exact) mass is 260 g/mol. The molecular weight excluding hydrogens is 260 g/mol. The molecule has 0 fully saturated rings. The fourth-order valence-electron chi connectivity index (χ4n) is 0.218. The first-order valence-corrected chi connectivity index (χ1v) is 4.17. The summed E-state index contributed by atoms with van der Waals surface area (Å²) in [7, 11) is 0. The van der Waals surface area contributed by atoms with Crippen LogP contribution >= 0.6 is 31.9 Å².